The van der Waals surface area contributed by atoms with Crippen molar-refractivity contribution in [2.75, 3.05) is 6.54 Å². The molecule has 0 fully saturated rings. The van der Waals surface area contributed by atoms with Crippen molar-refractivity contribution in [2.45, 2.75) is 18.9 Å². The summed E-state index contributed by atoms with van der Waals surface area (Å²) in [4.78, 5) is 13.3. The van der Waals surface area contributed by atoms with E-state index >= 15 is 0 Å². The van der Waals surface area contributed by atoms with E-state index in [1.165, 1.54) is 10.4 Å². The van der Waals surface area contributed by atoms with Gasteiger partial charge in [0.25, 0.3) is 0 Å². The summed E-state index contributed by atoms with van der Waals surface area (Å²) in [6.07, 6.45) is 4.96. The van der Waals surface area contributed by atoms with Gasteiger partial charge in [0.2, 0.25) is 5.91 Å². The number of carbonyl (C=O) groups is 1. The molecule has 1 unspecified atom stereocenters. The number of hydrogen-bond acceptors (Lipinski definition) is 3. The minimum atomic E-state index is 0.0469. The van der Waals surface area contributed by atoms with Crippen LogP contribution in [-0.2, 0) is 11.2 Å². The van der Waals surface area contributed by atoms with Gasteiger partial charge in [0.1, 0.15) is 6.04 Å². The summed E-state index contributed by atoms with van der Waals surface area (Å²) in [5, 5.41) is 9.40. The van der Waals surface area contributed by atoms with Crippen molar-refractivity contribution in [3.05, 3.63) is 76.7 Å². The zero-order chi connectivity index (χ0) is 15.9. The standard InChI is InChI=1S/C18H19N3OS/c22-18(10-9-15-6-2-1-3-7-15)19-14-16(17-8-4-13-23-17)21-12-5-11-20-21/h1-8,11-13,16H,9-10,14H2,(H,19,22). The van der Waals surface area contributed by atoms with Crippen LogP contribution in [-0.4, -0.2) is 22.2 Å². The van der Waals surface area contributed by atoms with Crippen LogP contribution in [0.25, 0.3) is 0 Å². The SMILES string of the molecule is O=C(CCc1ccccc1)NCC(c1cccs1)n1cccn1. The fourth-order valence-corrected chi connectivity index (χ4v) is 3.29. The van der Waals surface area contributed by atoms with Crippen molar-refractivity contribution >= 4 is 17.2 Å². The lowest BCUT2D eigenvalue weighted by Crippen LogP contribution is -2.31. The zero-order valence-corrected chi connectivity index (χ0v) is 13.6. The van der Waals surface area contributed by atoms with Gasteiger partial charge in [-0.2, -0.15) is 5.10 Å². The summed E-state index contributed by atoms with van der Waals surface area (Å²) < 4.78 is 1.89. The third kappa shape index (κ3) is 4.29. The van der Waals surface area contributed by atoms with E-state index in [1.807, 2.05) is 58.7 Å². The van der Waals surface area contributed by atoms with Gasteiger partial charge < -0.3 is 5.32 Å². The van der Waals surface area contributed by atoms with Crippen LogP contribution < -0.4 is 5.32 Å². The minimum absolute atomic E-state index is 0.0469. The summed E-state index contributed by atoms with van der Waals surface area (Å²) in [7, 11) is 0. The lowest BCUT2D eigenvalue weighted by molar-refractivity contribution is -0.121. The molecule has 0 radical (unpaired) electrons. The quantitative estimate of drug-likeness (QED) is 0.724. The first-order valence-electron chi connectivity index (χ1n) is 7.66. The molecule has 0 saturated carbocycles. The van der Waals surface area contributed by atoms with E-state index in [4.69, 9.17) is 0 Å². The van der Waals surface area contributed by atoms with Crippen molar-refractivity contribution in [2.24, 2.45) is 0 Å². The van der Waals surface area contributed by atoms with Crippen LogP contribution in [0.2, 0.25) is 0 Å². The molecule has 0 spiro atoms. The van der Waals surface area contributed by atoms with Gasteiger partial charge in [-0.25, -0.2) is 0 Å². The number of nitrogens with zero attached hydrogens (tertiary/aromatic N) is 2. The first-order valence-corrected chi connectivity index (χ1v) is 8.54. The lowest BCUT2D eigenvalue weighted by atomic mass is 10.1. The van der Waals surface area contributed by atoms with E-state index in [2.05, 4.69) is 16.5 Å². The highest BCUT2D eigenvalue weighted by Gasteiger charge is 2.16. The van der Waals surface area contributed by atoms with E-state index in [9.17, 15) is 4.79 Å². The first kappa shape index (κ1) is 15.5. The molecule has 1 N–H and O–H groups in total. The Balaban J connectivity index is 1.55. The van der Waals surface area contributed by atoms with Crippen LogP contribution in [0, 0.1) is 0 Å². The first-order chi connectivity index (χ1) is 11.3. The van der Waals surface area contributed by atoms with Crippen LogP contribution in [0.15, 0.2) is 66.3 Å². The van der Waals surface area contributed by atoms with Crippen molar-refractivity contribution in [3.63, 3.8) is 0 Å². The Morgan fingerprint density at radius 3 is 2.74 bits per heavy atom. The molecule has 0 aliphatic heterocycles. The molecule has 1 amide bonds. The van der Waals surface area contributed by atoms with Crippen molar-refractivity contribution in [1.29, 1.82) is 0 Å². The summed E-state index contributed by atoms with van der Waals surface area (Å²) in [5.74, 6) is 0.0718. The van der Waals surface area contributed by atoms with Gasteiger partial charge >= 0.3 is 0 Å². The van der Waals surface area contributed by atoms with Crippen LogP contribution in [0.3, 0.4) is 0 Å². The number of benzene rings is 1. The van der Waals surface area contributed by atoms with E-state index in [0.717, 1.165) is 6.42 Å². The molecule has 2 heterocycles. The maximum absolute atomic E-state index is 12.1. The Morgan fingerprint density at radius 2 is 2.04 bits per heavy atom. The topological polar surface area (TPSA) is 46.9 Å². The Hall–Kier alpha value is -2.40. The molecule has 0 aliphatic carbocycles. The molecule has 2 aromatic heterocycles. The average molecular weight is 325 g/mol. The third-order valence-electron chi connectivity index (χ3n) is 3.69. The van der Waals surface area contributed by atoms with Crippen LogP contribution in [0.1, 0.15) is 22.9 Å². The Kier molecular flexibility index (Phi) is 5.21. The molecule has 5 heteroatoms. The molecular formula is C18H19N3OS. The molecule has 1 atom stereocenters. The Morgan fingerprint density at radius 1 is 1.17 bits per heavy atom. The normalized spacial score (nSPS) is 12.0. The summed E-state index contributed by atoms with van der Waals surface area (Å²) in [6, 6.07) is 16.1. The fraction of sp³-hybridized carbons (Fsp3) is 0.222. The highest BCUT2D eigenvalue weighted by molar-refractivity contribution is 7.10. The van der Waals surface area contributed by atoms with Crippen LogP contribution >= 0.6 is 11.3 Å². The highest BCUT2D eigenvalue weighted by atomic mass is 32.1. The maximum Gasteiger partial charge on any atom is 0.220 e. The van der Waals surface area contributed by atoms with Crippen molar-refractivity contribution in [3.8, 4) is 0 Å². The van der Waals surface area contributed by atoms with Gasteiger partial charge in [0.05, 0.1) is 0 Å². The van der Waals surface area contributed by atoms with Crippen molar-refractivity contribution in [1.82, 2.24) is 15.1 Å². The third-order valence-corrected chi connectivity index (χ3v) is 4.67. The van der Waals surface area contributed by atoms with E-state index in [1.54, 1.807) is 17.5 Å². The number of rotatable bonds is 7. The number of thiophene rings is 1. The van der Waals surface area contributed by atoms with Gasteiger partial charge in [-0.05, 0) is 29.5 Å². The Labute approximate surface area is 139 Å². The molecule has 0 saturated heterocycles. The van der Waals surface area contributed by atoms with E-state index in [-0.39, 0.29) is 11.9 Å². The second-order valence-corrected chi connectivity index (χ2v) is 6.29. The molecule has 1 aromatic carbocycles. The van der Waals surface area contributed by atoms with Gasteiger partial charge in [-0.1, -0.05) is 36.4 Å². The summed E-state index contributed by atoms with van der Waals surface area (Å²) in [6.45, 7) is 0.551. The average Bonchev–Trinajstić information content (AvgIpc) is 3.28. The summed E-state index contributed by atoms with van der Waals surface area (Å²) >= 11 is 1.68. The predicted octanol–water partition coefficient (Wildman–Crippen LogP) is 3.28. The molecule has 118 valence electrons. The molecule has 3 rings (SSSR count). The molecule has 3 aromatic rings. The monoisotopic (exact) mass is 325 g/mol. The Bertz CT molecular complexity index is 674. The van der Waals surface area contributed by atoms with Crippen molar-refractivity contribution < 1.29 is 4.79 Å². The number of nitrogens with one attached hydrogen (secondary N) is 1. The lowest BCUT2D eigenvalue weighted by Gasteiger charge is -2.17. The molecular weight excluding hydrogens is 306 g/mol. The van der Waals surface area contributed by atoms with Gasteiger partial charge in [0.15, 0.2) is 0 Å². The molecule has 0 aliphatic rings. The molecule has 23 heavy (non-hydrogen) atoms. The smallest absolute Gasteiger partial charge is 0.220 e. The van der Waals surface area contributed by atoms with Gasteiger partial charge in [0, 0.05) is 30.2 Å². The molecule has 0 bridgehead atoms. The highest BCUT2D eigenvalue weighted by Crippen LogP contribution is 2.21. The van der Waals surface area contributed by atoms with E-state index in [0.29, 0.717) is 13.0 Å². The van der Waals surface area contributed by atoms with Crippen LogP contribution in [0.5, 0.6) is 0 Å². The second kappa shape index (κ2) is 7.74. The van der Waals surface area contributed by atoms with Gasteiger partial charge in [-0.3, -0.25) is 9.48 Å². The number of carbonyl (C=O) groups excluding carboxylic acids is 1. The number of aryl methyl sites for hydroxylation is 1. The van der Waals surface area contributed by atoms with E-state index < -0.39 is 0 Å². The number of hydrogen-bond donors (Lipinski definition) is 1. The zero-order valence-electron chi connectivity index (χ0n) is 12.8. The fourth-order valence-electron chi connectivity index (χ4n) is 2.47. The number of amides is 1. The predicted molar refractivity (Wildman–Crippen MR) is 92.5 cm³/mol. The minimum Gasteiger partial charge on any atom is -0.354 e. The number of aromatic nitrogens is 2. The largest absolute Gasteiger partial charge is 0.354 e. The molecule has 4 nitrogen and oxygen atoms in total. The second-order valence-electron chi connectivity index (χ2n) is 5.31. The maximum atomic E-state index is 12.1. The summed E-state index contributed by atoms with van der Waals surface area (Å²) in [5.41, 5.74) is 1.18. The van der Waals surface area contributed by atoms with Crippen LogP contribution in [0.4, 0.5) is 0 Å². The van der Waals surface area contributed by atoms with Gasteiger partial charge in [-0.15, -0.1) is 11.3 Å².